The van der Waals surface area contributed by atoms with Crippen LogP contribution in [0.2, 0.25) is 0 Å². The summed E-state index contributed by atoms with van der Waals surface area (Å²) in [6, 6.07) is 7.95. The van der Waals surface area contributed by atoms with Gasteiger partial charge in [0.2, 0.25) is 0 Å². The van der Waals surface area contributed by atoms with E-state index in [9.17, 15) is 0 Å². The lowest BCUT2D eigenvalue weighted by Crippen LogP contribution is -2.05. The molecule has 4 heteroatoms. The van der Waals surface area contributed by atoms with Gasteiger partial charge in [0, 0.05) is 0 Å². The molecule has 0 amide bonds. The molecule has 0 aliphatic heterocycles. The molecule has 0 fully saturated rings. The van der Waals surface area contributed by atoms with Crippen LogP contribution in [0.4, 0.5) is 0 Å². The van der Waals surface area contributed by atoms with Crippen molar-refractivity contribution < 1.29 is 4.74 Å². The Hall–Kier alpha value is -1.29. The molecular weight excluding hydrogens is 268 g/mol. The van der Waals surface area contributed by atoms with Gasteiger partial charge < -0.3 is 9.72 Å². The second-order valence-corrected chi connectivity index (χ2v) is 4.53. The minimum absolute atomic E-state index is 0.201. The Morgan fingerprint density at radius 2 is 1.94 bits per heavy atom. The first-order chi connectivity index (χ1) is 7.65. The first-order valence-corrected chi connectivity index (χ1v) is 5.92. The van der Waals surface area contributed by atoms with E-state index in [0.717, 1.165) is 21.7 Å². The molecule has 1 N–H and O–H groups in total. The quantitative estimate of drug-likeness (QED) is 0.933. The zero-order chi connectivity index (χ0) is 11.5. The normalized spacial score (nSPS) is 10.8. The fourth-order valence-electron chi connectivity index (χ4n) is 1.43. The summed E-state index contributed by atoms with van der Waals surface area (Å²) in [6.07, 6.45) is 2.00. The summed E-state index contributed by atoms with van der Waals surface area (Å²) < 4.78 is 6.32. The highest BCUT2D eigenvalue weighted by atomic mass is 79.9. The number of rotatable bonds is 3. The van der Waals surface area contributed by atoms with Gasteiger partial charge in [0.05, 0.1) is 18.0 Å². The van der Waals surface area contributed by atoms with Crippen molar-refractivity contribution in [3.63, 3.8) is 0 Å². The third-order valence-electron chi connectivity index (χ3n) is 2.08. The fraction of sp³-hybridized carbons (Fsp3) is 0.250. The maximum atomic E-state index is 5.58. The van der Waals surface area contributed by atoms with Crippen molar-refractivity contribution in [2.24, 2.45) is 0 Å². The van der Waals surface area contributed by atoms with E-state index in [4.69, 9.17) is 4.74 Å². The highest BCUT2D eigenvalue weighted by Gasteiger charge is 2.02. The fourth-order valence-corrected chi connectivity index (χ4v) is 1.74. The summed E-state index contributed by atoms with van der Waals surface area (Å²) >= 11 is 3.29. The van der Waals surface area contributed by atoms with E-state index < -0.39 is 0 Å². The second-order valence-electron chi connectivity index (χ2n) is 3.78. The van der Waals surface area contributed by atoms with Crippen LogP contribution in [-0.4, -0.2) is 16.1 Å². The molecule has 0 unspecified atom stereocenters. The maximum Gasteiger partial charge on any atom is 0.174 e. The van der Waals surface area contributed by atoms with Gasteiger partial charge in [0.25, 0.3) is 0 Å². The van der Waals surface area contributed by atoms with Crippen LogP contribution >= 0.6 is 15.9 Å². The monoisotopic (exact) mass is 280 g/mol. The molecule has 0 bridgehead atoms. The topological polar surface area (TPSA) is 37.9 Å². The largest absolute Gasteiger partial charge is 0.491 e. The number of benzene rings is 1. The van der Waals surface area contributed by atoms with Crippen molar-refractivity contribution in [2.75, 3.05) is 0 Å². The van der Waals surface area contributed by atoms with Crippen LogP contribution in [0.25, 0.3) is 11.3 Å². The number of aromatic amines is 1. The van der Waals surface area contributed by atoms with Gasteiger partial charge in [-0.3, -0.25) is 0 Å². The first-order valence-electron chi connectivity index (χ1n) is 5.13. The lowest BCUT2D eigenvalue weighted by Gasteiger charge is -2.09. The Morgan fingerprint density at radius 1 is 1.25 bits per heavy atom. The van der Waals surface area contributed by atoms with Gasteiger partial charge in [0.15, 0.2) is 4.73 Å². The summed E-state index contributed by atoms with van der Waals surface area (Å²) in [5, 5.41) is 0. The standard InChI is InChI=1S/C12H13BrN2O/c1-8(2)16-10-5-3-9(4-6-10)11-7-14-12(13)15-11/h3-8H,1-2H3,(H,14,15). The summed E-state index contributed by atoms with van der Waals surface area (Å²) in [6.45, 7) is 4.03. The molecule has 2 rings (SSSR count). The van der Waals surface area contributed by atoms with Gasteiger partial charge in [-0.05, 0) is 59.6 Å². The van der Waals surface area contributed by atoms with Crippen LogP contribution in [0, 0.1) is 0 Å². The van der Waals surface area contributed by atoms with E-state index in [1.54, 1.807) is 6.20 Å². The Balaban J connectivity index is 2.19. The zero-order valence-electron chi connectivity index (χ0n) is 9.20. The summed E-state index contributed by atoms with van der Waals surface area (Å²) in [4.78, 5) is 7.21. The second kappa shape index (κ2) is 4.70. The summed E-state index contributed by atoms with van der Waals surface area (Å²) in [7, 11) is 0. The van der Waals surface area contributed by atoms with E-state index in [1.807, 2.05) is 38.1 Å². The number of nitrogens with zero attached hydrogens (tertiary/aromatic N) is 1. The number of ether oxygens (including phenoxy) is 1. The number of hydrogen-bond donors (Lipinski definition) is 1. The van der Waals surface area contributed by atoms with Crippen molar-refractivity contribution >= 4 is 15.9 Å². The Labute approximate surface area is 103 Å². The molecule has 2 aromatic rings. The molecular formula is C12H13BrN2O. The third kappa shape index (κ3) is 2.64. The van der Waals surface area contributed by atoms with Crippen LogP contribution in [-0.2, 0) is 0 Å². The highest BCUT2D eigenvalue weighted by Crippen LogP contribution is 2.22. The SMILES string of the molecule is CC(C)Oc1ccc(-c2cnc(Br)[nH]2)cc1. The first kappa shape index (κ1) is 11.2. The van der Waals surface area contributed by atoms with Gasteiger partial charge in [-0.1, -0.05) is 0 Å². The summed E-state index contributed by atoms with van der Waals surface area (Å²) in [5.41, 5.74) is 2.08. The van der Waals surface area contributed by atoms with Crippen LogP contribution in [0.15, 0.2) is 35.2 Å². The predicted molar refractivity (Wildman–Crippen MR) is 67.5 cm³/mol. The molecule has 16 heavy (non-hydrogen) atoms. The molecule has 0 spiro atoms. The predicted octanol–water partition coefficient (Wildman–Crippen LogP) is 3.63. The van der Waals surface area contributed by atoms with Crippen molar-refractivity contribution in [2.45, 2.75) is 20.0 Å². The number of hydrogen-bond acceptors (Lipinski definition) is 2. The molecule has 0 radical (unpaired) electrons. The van der Waals surface area contributed by atoms with Gasteiger partial charge in [-0.2, -0.15) is 0 Å². The molecule has 0 saturated heterocycles. The minimum Gasteiger partial charge on any atom is -0.491 e. The number of H-pyrrole nitrogens is 1. The van der Waals surface area contributed by atoms with Crippen LogP contribution in [0.1, 0.15) is 13.8 Å². The number of halogens is 1. The molecule has 84 valence electrons. The average molecular weight is 281 g/mol. The van der Waals surface area contributed by atoms with Gasteiger partial charge in [-0.25, -0.2) is 4.98 Å². The van der Waals surface area contributed by atoms with Crippen molar-refractivity contribution in [1.29, 1.82) is 0 Å². The maximum absolute atomic E-state index is 5.58. The molecule has 0 aliphatic rings. The smallest absolute Gasteiger partial charge is 0.174 e. The van der Waals surface area contributed by atoms with Crippen molar-refractivity contribution in [3.8, 4) is 17.0 Å². The summed E-state index contributed by atoms with van der Waals surface area (Å²) in [5.74, 6) is 0.886. The Kier molecular flexibility index (Phi) is 3.29. The number of imidazole rings is 1. The molecule has 1 aromatic heterocycles. The van der Waals surface area contributed by atoms with Crippen molar-refractivity contribution in [3.05, 3.63) is 35.2 Å². The third-order valence-corrected chi connectivity index (χ3v) is 2.48. The van der Waals surface area contributed by atoms with E-state index in [1.165, 1.54) is 0 Å². The van der Waals surface area contributed by atoms with E-state index in [2.05, 4.69) is 25.9 Å². The van der Waals surface area contributed by atoms with E-state index >= 15 is 0 Å². The molecule has 0 saturated carbocycles. The molecule has 0 atom stereocenters. The zero-order valence-corrected chi connectivity index (χ0v) is 10.8. The molecule has 1 heterocycles. The van der Waals surface area contributed by atoms with Crippen LogP contribution in [0.3, 0.4) is 0 Å². The van der Waals surface area contributed by atoms with Gasteiger partial charge in [-0.15, -0.1) is 0 Å². The Bertz CT molecular complexity index is 462. The average Bonchev–Trinajstić information content (AvgIpc) is 2.65. The number of aromatic nitrogens is 2. The molecule has 0 aliphatic carbocycles. The van der Waals surface area contributed by atoms with Crippen molar-refractivity contribution in [1.82, 2.24) is 9.97 Å². The number of nitrogens with one attached hydrogen (secondary N) is 1. The van der Waals surface area contributed by atoms with E-state index in [-0.39, 0.29) is 6.10 Å². The Morgan fingerprint density at radius 3 is 2.44 bits per heavy atom. The van der Waals surface area contributed by atoms with Crippen LogP contribution in [0.5, 0.6) is 5.75 Å². The lowest BCUT2D eigenvalue weighted by molar-refractivity contribution is 0.242. The van der Waals surface area contributed by atoms with Crippen LogP contribution < -0.4 is 4.74 Å². The molecule has 1 aromatic carbocycles. The lowest BCUT2D eigenvalue weighted by atomic mass is 10.2. The minimum atomic E-state index is 0.201. The highest BCUT2D eigenvalue weighted by molar-refractivity contribution is 9.10. The van der Waals surface area contributed by atoms with E-state index in [0.29, 0.717) is 0 Å². The van der Waals surface area contributed by atoms with Gasteiger partial charge in [0.1, 0.15) is 5.75 Å². The van der Waals surface area contributed by atoms with Gasteiger partial charge >= 0.3 is 0 Å². The molecule has 3 nitrogen and oxygen atoms in total.